The highest BCUT2D eigenvalue weighted by molar-refractivity contribution is 5.71. The van der Waals surface area contributed by atoms with Crippen molar-refractivity contribution >= 4 is 17.9 Å². The van der Waals surface area contributed by atoms with Crippen LogP contribution in [-0.2, 0) is 28.6 Å². The van der Waals surface area contributed by atoms with Crippen LogP contribution in [0.5, 0.6) is 0 Å². The third kappa shape index (κ3) is 49.5. The Balaban J connectivity index is 4.45. The molecule has 0 aliphatic rings. The molecule has 0 saturated heterocycles. The first-order valence-corrected chi connectivity index (χ1v) is 26.1. The van der Waals surface area contributed by atoms with Crippen LogP contribution >= 0.6 is 0 Å². The van der Waals surface area contributed by atoms with Crippen LogP contribution in [0, 0.1) is 0 Å². The van der Waals surface area contributed by atoms with Crippen LogP contribution < -0.4 is 0 Å². The maximum absolute atomic E-state index is 12.8. The fourth-order valence-electron chi connectivity index (χ4n) is 7.01. The summed E-state index contributed by atoms with van der Waals surface area (Å²) in [6.07, 6.45) is 65.6. The van der Waals surface area contributed by atoms with E-state index in [1.807, 2.05) is 18.2 Å². The van der Waals surface area contributed by atoms with Gasteiger partial charge in [0.05, 0.1) is 0 Å². The van der Waals surface area contributed by atoms with Crippen molar-refractivity contribution in [3.63, 3.8) is 0 Å². The summed E-state index contributed by atoms with van der Waals surface area (Å²) in [4.78, 5) is 38.0. The summed E-state index contributed by atoms with van der Waals surface area (Å²) in [5.41, 5.74) is 0. The first-order chi connectivity index (χ1) is 31.0. The molecule has 360 valence electrons. The molecule has 0 amide bonds. The topological polar surface area (TPSA) is 78.9 Å². The van der Waals surface area contributed by atoms with Crippen molar-refractivity contribution in [2.45, 2.75) is 245 Å². The van der Waals surface area contributed by atoms with E-state index >= 15 is 0 Å². The fraction of sp³-hybridized carbons (Fsp3) is 0.702. The van der Waals surface area contributed by atoms with E-state index in [-0.39, 0.29) is 31.1 Å². The number of ether oxygens (including phenoxy) is 3. The quantitative estimate of drug-likeness (QED) is 0.0199. The van der Waals surface area contributed by atoms with Gasteiger partial charge in [-0.15, -0.1) is 0 Å². The van der Waals surface area contributed by atoms with Crippen LogP contribution in [0.25, 0.3) is 0 Å². The molecule has 0 aromatic heterocycles. The standard InChI is InChI=1S/C57H96O6/c1-4-7-10-13-16-19-22-25-27-28-30-32-35-38-41-44-47-50-56(59)62-53-54(52-61-55(58)49-46-43-40-37-34-31-24-21-18-15-12-9-6-3)63-57(60)51-48-45-42-39-36-33-29-26-23-20-17-14-11-8-5-2/h8,11,14,16-17,19-20,23,25-27,29,31,34,54H,4-7,9-10,12-13,15,18,21-22,24,28,30,32-33,35-53H2,1-3H3/b11-8-,17-14-,19-16-,23-20-,27-25-,29-26-,34-31-. The minimum absolute atomic E-state index is 0.0957. The maximum atomic E-state index is 12.8. The lowest BCUT2D eigenvalue weighted by Crippen LogP contribution is -2.30. The van der Waals surface area contributed by atoms with Crippen molar-refractivity contribution in [3.8, 4) is 0 Å². The molecule has 0 aliphatic carbocycles. The highest BCUT2D eigenvalue weighted by Gasteiger charge is 2.19. The predicted molar refractivity (Wildman–Crippen MR) is 270 cm³/mol. The van der Waals surface area contributed by atoms with Crippen molar-refractivity contribution in [2.75, 3.05) is 13.2 Å². The molecule has 6 nitrogen and oxygen atoms in total. The van der Waals surface area contributed by atoms with Gasteiger partial charge < -0.3 is 14.2 Å². The molecule has 0 aromatic carbocycles. The Bertz CT molecular complexity index is 1240. The van der Waals surface area contributed by atoms with Gasteiger partial charge in [0.1, 0.15) is 13.2 Å². The molecule has 0 bridgehead atoms. The van der Waals surface area contributed by atoms with E-state index in [1.165, 1.54) is 89.9 Å². The molecule has 0 saturated carbocycles. The molecule has 0 heterocycles. The number of esters is 3. The third-order valence-electron chi connectivity index (χ3n) is 10.9. The monoisotopic (exact) mass is 877 g/mol. The summed E-state index contributed by atoms with van der Waals surface area (Å²) in [5.74, 6) is -0.943. The Labute approximate surface area is 388 Å². The number of rotatable bonds is 46. The highest BCUT2D eigenvalue weighted by Crippen LogP contribution is 2.14. The zero-order valence-electron chi connectivity index (χ0n) is 41.1. The summed E-state index contributed by atoms with van der Waals surface area (Å²) >= 11 is 0. The number of hydrogen-bond donors (Lipinski definition) is 0. The molecule has 0 N–H and O–H groups in total. The summed E-state index contributed by atoms with van der Waals surface area (Å²) in [6, 6.07) is 0. The number of carbonyl (C=O) groups excluding carboxylic acids is 3. The lowest BCUT2D eigenvalue weighted by Gasteiger charge is -2.18. The average molecular weight is 877 g/mol. The molecule has 0 aliphatic heterocycles. The van der Waals surface area contributed by atoms with Crippen molar-refractivity contribution in [1.29, 1.82) is 0 Å². The number of unbranched alkanes of at least 4 members (excludes halogenated alkanes) is 24. The third-order valence-corrected chi connectivity index (χ3v) is 10.9. The van der Waals surface area contributed by atoms with Crippen LogP contribution in [0.4, 0.5) is 0 Å². The zero-order valence-corrected chi connectivity index (χ0v) is 41.1. The second-order valence-corrected chi connectivity index (χ2v) is 17.1. The minimum atomic E-state index is -0.798. The van der Waals surface area contributed by atoms with Crippen LogP contribution in [0.2, 0.25) is 0 Å². The lowest BCUT2D eigenvalue weighted by atomic mass is 10.1. The maximum Gasteiger partial charge on any atom is 0.306 e. The van der Waals surface area contributed by atoms with E-state index in [0.717, 1.165) is 109 Å². The van der Waals surface area contributed by atoms with Crippen molar-refractivity contribution < 1.29 is 28.6 Å². The van der Waals surface area contributed by atoms with E-state index < -0.39 is 6.10 Å². The first-order valence-electron chi connectivity index (χ1n) is 26.1. The molecule has 0 rings (SSSR count). The lowest BCUT2D eigenvalue weighted by molar-refractivity contribution is -0.167. The molecule has 6 heteroatoms. The van der Waals surface area contributed by atoms with Crippen LogP contribution in [0.15, 0.2) is 85.1 Å². The Morgan fingerprint density at radius 1 is 0.349 bits per heavy atom. The molecular weight excluding hydrogens is 781 g/mol. The Hall–Kier alpha value is -3.41. The summed E-state index contributed by atoms with van der Waals surface area (Å²) in [6.45, 7) is 6.42. The van der Waals surface area contributed by atoms with E-state index in [9.17, 15) is 14.4 Å². The van der Waals surface area contributed by atoms with Gasteiger partial charge >= 0.3 is 17.9 Å². The van der Waals surface area contributed by atoms with E-state index in [0.29, 0.717) is 19.3 Å². The van der Waals surface area contributed by atoms with Crippen LogP contribution in [0.3, 0.4) is 0 Å². The van der Waals surface area contributed by atoms with Crippen LogP contribution in [-0.4, -0.2) is 37.2 Å². The summed E-state index contributed by atoms with van der Waals surface area (Å²) in [5, 5.41) is 0. The number of hydrogen-bond acceptors (Lipinski definition) is 6. The van der Waals surface area contributed by atoms with Gasteiger partial charge in [-0.25, -0.2) is 0 Å². The average Bonchev–Trinajstić information content (AvgIpc) is 3.28. The second kappa shape index (κ2) is 51.2. The van der Waals surface area contributed by atoms with Crippen molar-refractivity contribution in [3.05, 3.63) is 85.1 Å². The smallest absolute Gasteiger partial charge is 0.306 e. The van der Waals surface area contributed by atoms with E-state index in [2.05, 4.69) is 87.6 Å². The largest absolute Gasteiger partial charge is 0.462 e. The molecule has 0 radical (unpaired) electrons. The van der Waals surface area contributed by atoms with E-state index in [1.54, 1.807) is 0 Å². The minimum Gasteiger partial charge on any atom is -0.462 e. The van der Waals surface area contributed by atoms with Crippen molar-refractivity contribution in [2.24, 2.45) is 0 Å². The highest BCUT2D eigenvalue weighted by atomic mass is 16.6. The number of allylic oxidation sites excluding steroid dienone is 14. The van der Waals surface area contributed by atoms with Gasteiger partial charge in [-0.2, -0.15) is 0 Å². The van der Waals surface area contributed by atoms with Gasteiger partial charge in [0.2, 0.25) is 0 Å². The number of carbonyl (C=O) groups is 3. The molecule has 0 aromatic rings. The molecule has 63 heavy (non-hydrogen) atoms. The Kier molecular flexibility index (Phi) is 48.5. The molecule has 1 atom stereocenters. The normalized spacial score (nSPS) is 12.7. The predicted octanol–water partition coefficient (Wildman–Crippen LogP) is 17.2. The van der Waals surface area contributed by atoms with Crippen molar-refractivity contribution in [1.82, 2.24) is 0 Å². The summed E-state index contributed by atoms with van der Waals surface area (Å²) < 4.78 is 16.8. The van der Waals surface area contributed by atoms with Gasteiger partial charge in [0.15, 0.2) is 6.10 Å². The van der Waals surface area contributed by atoms with Gasteiger partial charge in [0.25, 0.3) is 0 Å². The SMILES string of the molecule is CC\C=C/C=C\C=C/C=C\CCCCCCCC(=O)OC(COC(=O)CCCCC/C=C\CCCCCCCC)COC(=O)CCCCCCCCC/C=C\C/C=C\CCCCC. The van der Waals surface area contributed by atoms with E-state index in [4.69, 9.17) is 14.2 Å². The van der Waals surface area contributed by atoms with Gasteiger partial charge in [0, 0.05) is 19.3 Å². The molecule has 0 spiro atoms. The Morgan fingerprint density at radius 2 is 0.683 bits per heavy atom. The fourth-order valence-corrected chi connectivity index (χ4v) is 7.01. The van der Waals surface area contributed by atoms with Gasteiger partial charge in [-0.05, 0) is 96.3 Å². The molecule has 0 fully saturated rings. The zero-order chi connectivity index (χ0) is 45.8. The second-order valence-electron chi connectivity index (χ2n) is 17.1. The van der Waals surface area contributed by atoms with Gasteiger partial charge in [-0.1, -0.05) is 209 Å². The summed E-state index contributed by atoms with van der Waals surface area (Å²) in [7, 11) is 0. The first kappa shape index (κ1) is 59.6. The molecular formula is C57H96O6. The van der Waals surface area contributed by atoms with Crippen LogP contribution in [0.1, 0.15) is 239 Å². The molecule has 1 unspecified atom stereocenters. The van der Waals surface area contributed by atoms with Gasteiger partial charge in [-0.3, -0.25) is 14.4 Å². The Morgan fingerprint density at radius 3 is 1.16 bits per heavy atom.